The number of aromatic nitrogens is 3. The number of carbonyl (C=O) groups excluding carboxylic acids is 1. The molecule has 1 aromatic heterocycles. The van der Waals surface area contributed by atoms with Crippen LogP contribution < -0.4 is 5.32 Å². The third-order valence-corrected chi connectivity index (χ3v) is 6.03. The van der Waals surface area contributed by atoms with Gasteiger partial charge in [-0.2, -0.15) is 0 Å². The Hall–Kier alpha value is -2.67. The topological polar surface area (TPSA) is 59.8 Å². The lowest BCUT2D eigenvalue weighted by Crippen LogP contribution is -2.35. The molecule has 0 saturated heterocycles. The largest absolute Gasteiger partial charge is 0.353 e. The van der Waals surface area contributed by atoms with Gasteiger partial charge in [0.2, 0.25) is 5.91 Å². The minimum Gasteiger partial charge on any atom is -0.353 e. The fraction of sp³-hybridized carbons (Fsp3) is 0.318. The van der Waals surface area contributed by atoms with E-state index in [1.807, 2.05) is 34.9 Å². The SMILES string of the molecule is C[C@H](NC(=O)CSc1nnc(-c2ccccc2F)n1Cc1ccccc1)C1CC1. The van der Waals surface area contributed by atoms with E-state index in [1.165, 1.54) is 30.7 Å². The molecule has 0 spiro atoms. The van der Waals surface area contributed by atoms with Gasteiger partial charge in [0.1, 0.15) is 5.82 Å². The molecule has 1 atom stereocenters. The molecule has 0 radical (unpaired) electrons. The zero-order valence-corrected chi connectivity index (χ0v) is 17.0. The van der Waals surface area contributed by atoms with Crippen LogP contribution in [0.3, 0.4) is 0 Å². The van der Waals surface area contributed by atoms with Crippen LogP contribution in [0.5, 0.6) is 0 Å². The minimum atomic E-state index is -0.346. The van der Waals surface area contributed by atoms with Crippen molar-refractivity contribution in [3.05, 3.63) is 66.0 Å². The lowest BCUT2D eigenvalue weighted by Gasteiger charge is -2.13. The number of benzene rings is 2. The van der Waals surface area contributed by atoms with Gasteiger partial charge in [0.15, 0.2) is 11.0 Å². The van der Waals surface area contributed by atoms with Crippen molar-refractivity contribution in [3.63, 3.8) is 0 Å². The first-order valence-electron chi connectivity index (χ1n) is 9.76. The molecule has 7 heteroatoms. The summed E-state index contributed by atoms with van der Waals surface area (Å²) in [5.74, 6) is 0.957. The molecule has 1 aliphatic rings. The van der Waals surface area contributed by atoms with Gasteiger partial charge in [-0.3, -0.25) is 9.36 Å². The van der Waals surface area contributed by atoms with Crippen LogP contribution in [-0.4, -0.2) is 32.5 Å². The number of hydrogen-bond acceptors (Lipinski definition) is 4. The lowest BCUT2D eigenvalue weighted by atomic mass is 10.2. The zero-order valence-electron chi connectivity index (χ0n) is 16.2. The molecule has 1 amide bonds. The zero-order chi connectivity index (χ0) is 20.2. The Balaban J connectivity index is 1.56. The molecule has 1 saturated carbocycles. The minimum absolute atomic E-state index is 0.0175. The van der Waals surface area contributed by atoms with Crippen LogP contribution in [0, 0.1) is 11.7 Å². The van der Waals surface area contributed by atoms with Crippen molar-refractivity contribution >= 4 is 17.7 Å². The predicted molar refractivity (Wildman–Crippen MR) is 112 cm³/mol. The Bertz CT molecular complexity index is 987. The Morgan fingerprint density at radius 2 is 1.90 bits per heavy atom. The van der Waals surface area contributed by atoms with Gasteiger partial charge in [-0.05, 0) is 43.4 Å². The van der Waals surface area contributed by atoms with Gasteiger partial charge in [0.25, 0.3) is 0 Å². The number of nitrogens with one attached hydrogen (secondary N) is 1. The average molecular weight is 411 g/mol. The van der Waals surface area contributed by atoms with E-state index in [0.29, 0.717) is 29.0 Å². The maximum atomic E-state index is 14.4. The fourth-order valence-electron chi connectivity index (χ4n) is 3.29. The standard InChI is InChI=1S/C22H23FN4OS/c1-15(17-11-12-17)24-20(28)14-29-22-26-25-21(18-9-5-6-10-19(18)23)27(22)13-16-7-3-2-4-8-16/h2-10,15,17H,11-14H2,1H3,(H,24,28)/t15-/m0/s1. The predicted octanol–water partition coefficient (Wildman–Crippen LogP) is 4.14. The molecule has 2 aromatic carbocycles. The molecule has 1 N–H and O–H groups in total. The van der Waals surface area contributed by atoms with E-state index in [1.54, 1.807) is 18.2 Å². The lowest BCUT2D eigenvalue weighted by molar-refractivity contribution is -0.119. The molecule has 5 nitrogen and oxygen atoms in total. The molecular formula is C22H23FN4OS. The van der Waals surface area contributed by atoms with Crippen molar-refractivity contribution in [2.24, 2.45) is 5.92 Å². The maximum absolute atomic E-state index is 14.4. The van der Waals surface area contributed by atoms with Crippen LogP contribution in [0.25, 0.3) is 11.4 Å². The third kappa shape index (κ3) is 4.85. The Morgan fingerprint density at radius 3 is 2.62 bits per heavy atom. The number of thioether (sulfide) groups is 1. The van der Waals surface area contributed by atoms with Crippen LogP contribution in [0.4, 0.5) is 4.39 Å². The van der Waals surface area contributed by atoms with Gasteiger partial charge >= 0.3 is 0 Å². The van der Waals surface area contributed by atoms with Crippen molar-refractivity contribution in [2.75, 3.05) is 5.75 Å². The van der Waals surface area contributed by atoms with Gasteiger partial charge in [-0.1, -0.05) is 54.2 Å². The highest BCUT2D eigenvalue weighted by atomic mass is 32.2. The van der Waals surface area contributed by atoms with Gasteiger partial charge < -0.3 is 5.32 Å². The first kappa shape index (κ1) is 19.6. The van der Waals surface area contributed by atoms with Crippen molar-refractivity contribution < 1.29 is 9.18 Å². The van der Waals surface area contributed by atoms with Crippen LogP contribution in [0.15, 0.2) is 59.8 Å². The second-order valence-electron chi connectivity index (χ2n) is 7.34. The summed E-state index contributed by atoms with van der Waals surface area (Å²) in [6.07, 6.45) is 2.37. The first-order chi connectivity index (χ1) is 14.1. The average Bonchev–Trinajstić information content (AvgIpc) is 3.51. The van der Waals surface area contributed by atoms with E-state index in [0.717, 1.165) is 5.56 Å². The van der Waals surface area contributed by atoms with Crippen LogP contribution in [-0.2, 0) is 11.3 Å². The Morgan fingerprint density at radius 1 is 1.17 bits per heavy atom. The summed E-state index contributed by atoms with van der Waals surface area (Å²) in [4.78, 5) is 12.3. The summed E-state index contributed by atoms with van der Waals surface area (Å²) in [6, 6.07) is 16.6. The molecule has 0 bridgehead atoms. The van der Waals surface area contributed by atoms with Gasteiger partial charge in [0.05, 0.1) is 17.9 Å². The van der Waals surface area contributed by atoms with Gasteiger partial charge in [-0.25, -0.2) is 4.39 Å². The summed E-state index contributed by atoms with van der Waals surface area (Å²) >= 11 is 1.32. The fourth-order valence-corrected chi connectivity index (χ4v) is 4.03. The number of rotatable bonds is 8. The van der Waals surface area contributed by atoms with Crippen LogP contribution in [0.1, 0.15) is 25.3 Å². The van der Waals surface area contributed by atoms with E-state index in [-0.39, 0.29) is 23.5 Å². The van der Waals surface area contributed by atoms with E-state index in [2.05, 4.69) is 22.4 Å². The molecule has 1 aliphatic carbocycles. The van der Waals surface area contributed by atoms with Crippen LogP contribution in [0.2, 0.25) is 0 Å². The van der Waals surface area contributed by atoms with Gasteiger partial charge in [0, 0.05) is 6.04 Å². The van der Waals surface area contributed by atoms with Crippen molar-refractivity contribution in [1.29, 1.82) is 0 Å². The molecule has 0 aliphatic heterocycles. The summed E-state index contributed by atoms with van der Waals surface area (Å²) in [6.45, 7) is 2.55. The van der Waals surface area contributed by atoms with Gasteiger partial charge in [-0.15, -0.1) is 10.2 Å². The molecule has 4 rings (SSSR count). The van der Waals surface area contributed by atoms with Crippen molar-refractivity contribution in [3.8, 4) is 11.4 Å². The summed E-state index contributed by atoms with van der Waals surface area (Å²) in [5, 5.41) is 12.1. The first-order valence-corrected chi connectivity index (χ1v) is 10.7. The van der Waals surface area contributed by atoms with E-state index >= 15 is 0 Å². The van der Waals surface area contributed by atoms with E-state index in [9.17, 15) is 9.18 Å². The highest BCUT2D eigenvalue weighted by molar-refractivity contribution is 7.99. The number of amides is 1. The summed E-state index contributed by atoms with van der Waals surface area (Å²) in [5.41, 5.74) is 1.45. The highest BCUT2D eigenvalue weighted by Crippen LogP contribution is 2.32. The monoisotopic (exact) mass is 410 g/mol. The molecular weight excluding hydrogens is 387 g/mol. The molecule has 1 heterocycles. The quantitative estimate of drug-likeness (QED) is 0.567. The Labute approximate surface area is 173 Å². The molecule has 150 valence electrons. The highest BCUT2D eigenvalue weighted by Gasteiger charge is 2.29. The second-order valence-corrected chi connectivity index (χ2v) is 8.28. The molecule has 3 aromatic rings. The normalized spacial score (nSPS) is 14.6. The third-order valence-electron chi connectivity index (χ3n) is 5.07. The number of carbonyl (C=O) groups is 1. The van der Waals surface area contributed by atoms with E-state index < -0.39 is 0 Å². The number of hydrogen-bond donors (Lipinski definition) is 1. The summed E-state index contributed by atoms with van der Waals surface area (Å²) < 4.78 is 16.3. The number of halogens is 1. The molecule has 0 unspecified atom stereocenters. The second kappa shape index (κ2) is 8.78. The van der Waals surface area contributed by atoms with Crippen molar-refractivity contribution in [2.45, 2.75) is 37.5 Å². The summed E-state index contributed by atoms with van der Waals surface area (Å²) in [7, 11) is 0. The Kier molecular flexibility index (Phi) is 5.94. The molecule has 29 heavy (non-hydrogen) atoms. The van der Waals surface area contributed by atoms with Crippen LogP contribution >= 0.6 is 11.8 Å². The smallest absolute Gasteiger partial charge is 0.230 e. The van der Waals surface area contributed by atoms with E-state index in [4.69, 9.17) is 0 Å². The maximum Gasteiger partial charge on any atom is 0.230 e. The molecule has 1 fully saturated rings. The number of nitrogens with zero attached hydrogens (tertiary/aromatic N) is 3. The van der Waals surface area contributed by atoms with Crippen molar-refractivity contribution in [1.82, 2.24) is 20.1 Å².